The van der Waals surface area contributed by atoms with E-state index in [-0.39, 0.29) is 11.5 Å². The molecule has 0 unspecified atom stereocenters. The summed E-state index contributed by atoms with van der Waals surface area (Å²) in [5.74, 6) is 0.00540. The number of amides is 2. The Morgan fingerprint density at radius 1 is 0.788 bits per heavy atom. The number of hydrogen-bond acceptors (Lipinski definition) is 5. The van der Waals surface area contributed by atoms with Crippen molar-refractivity contribution in [3.63, 3.8) is 0 Å². The van der Waals surface area contributed by atoms with Gasteiger partial charge in [0.05, 0.1) is 14.2 Å². The van der Waals surface area contributed by atoms with Crippen LogP contribution in [0.15, 0.2) is 78.5 Å². The van der Waals surface area contributed by atoms with Crippen molar-refractivity contribution in [3.05, 3.63) is 95.2 Å². The molecule has 0 heterocycles. The maximum atomic E-state index is 13.1. The number of ether oxygens (including phenoxy) is 2. The molecule has 33 heavy (non-hydrogen) atoms. The van der Waals surface area contributed by atoms with Crippen LogP contribution in [-0.2, 0) is 4.79 Å². The monoisotopic (exact) mass is 444 g/mol. The lowest BCUT2D eigenvalue weighted by Crippen LogP contribution is -2.30. The Bertz CT molecular complexity index is 1190. The van der Waals surface area contributed by atoms with Crippen molar-refractivity contribution in [2.24, 2.45) is 0 Å². The molecular formula is C26H24N2O5. The first kappa shape index (κ1) is 23.3. The topological polar surface area (TPSA) is 93.7 Å². The highest BCUT2D eigenvalue weighted by Crippen LogP contribution is 2.28. The normalized spacial score (nSPS) is 10.8. The van der Waals surface area contributed by atoms with Gasteiger partial charge in [0.15, 0.2) is 17.3 Å². The van der Waals surface area contributed by atoms with Crippen molar-refractivity contribution >= 4 is 29.4 Å². The average Bonchev–Trinajstić information content (AvgIpc) is 2.84. The van der Waals surface area contributed by atoms with Gasteiger partial charge in [-0.3, -0.25) is 14.4 Å². The molecule has 0 saturated heterocycles. The third-order valence-electron chi connectivity index (χ3n) is 4.80. The predicted octanol–water partition coefficient (Wildman–Crippen LogP) is 4.32. The molecule has 2 N–H and O–H groups in total. The van der Waals surface area contributed by atoms with Crippen LogP contribution in [0.5, 0.6) is 11.5 Å². The molecular weight excluding hydrogens is 420 g/mol. The number of rotatable bonds is 8. The van der Waals surface area contributed by atoms with E-state index in [2.05, 4.69) is 10.6 Å². The van der Waals surface area contributed by atoms with E-state index in [0.29, 0.717) is 33.9 Å². The van der Waals surface area contributed by atoms with Crippen LogP contribution in [0.4, 0.5) is 5.69 Å². The van der Waals surface area contributed by atoms with Gasteiger partial charge in [0.2, 0.25) is 0 Å². The van der Waals surface area contributed by atoms with Crippen molar-refractivity contribution in [1.29, 1.82) is 0 Å². The number of methoxy groups -OCH3 is 2. The third kappa shape index (κ3) is 6.07. The van der Waals surface area contributed by atoms with Crippen molar-refractivity contribution in [1.82, 2.24) is 5.32 Å². The summed E-state index contributed by atoms with van der Waals surface area (Å²) in [5.41, 5.74) is 2.09. The lowest BCUT2D eigenvalue weighted by atomic mass is 10.1. The van der Waals surface area contributed by atoms with Gasteiger partial charge in [-0.25, -0.2) is 0 Å². The van der Waals surface area contributed by atoms with Crippen LogP contribution in [0.2, 0.25) is 0 Å². The largest absolute Gasteiger partial charge is 0.493 e. The standard InChI is InChI=1S/C26H24N2O5/c1-17(29)19-10-12-21(13-11-19)27-26(31)22(28-25(30)20-7-5-4-6-8-20)15-18-9-14-23(32-2)24(16-18)33-3/h4-16H,1-3H3,(H,27,31)(H,28,30)/b22-15-. The van der Waals surface area contributed by atoms with Gasteiger partial charge < -0.3 is 20.1 Å². The van der Waals surface area contributed by atoms with E-state index in [9.17, 15) is 14.4 Å². The number of nitrogens with one attached hydrogen (secondary N) is 2. The van der Waals surface area contributed by atoms with E-state index in [4.69, 9.17) is 9.47 Å². The highest BCUT2D eigenvalue weighted by molar-refractivity contribution is 6.10. The van der Waals surface area contributed by atoms with Gasteiger partial charge in [0, 0.05) is 16.8 Å². The van der Waals surface area contributed by atoms with E-state index in [1.807, 2.05) is 0 Å². The zero-order valence-electron chi connectivity index (χ0n) is 18.5. The molecule has 168 valence electrons. The fourth-order valence-electron chi connectivity index (χ4n) is 3.04. The predicted molar refractivity (Wildman–Crippen MR) is 127 cm³/mol. The summed E-state index contributed by atoms with van der Waals surface area (Å²) in [5, 5.41) is 5.43. The molecule has 0 fully saturated rings. The summed E-state index contributed by atoms with van der Waals surface area (Å²) in [6, 6.07) is 20.2. The van der Waals surface area contributed by atoms with Gasteiger partial charge in [0.1, 0.15) is 5.70 Å². The fraction of sp³-hybridized carbons (Fsp3) is 0.115. The minimum absolute atomic E-state index is 0.0340. The lowest BCUT2D eigenvalue weighted by Gasteiger charge is -2.13. The minimum atomic E-state index is -0.523. The SMILES string of the molecule is COc1ccc(/C=C(\NC(=O)c2ccccc2)C(=O)Nc2ccc(C(C)=O)cc2)cc1OC. The molecule has 0 aliphatic heterocycles. The highest BCUT2D eigenvalue weighted by atomic mass is 16.5. The average molecular weight is 444 g/mol. The first-order valence-corrected chi connectivity index (χ1v) is 10.1. The van der Waals surface area contributed by atoms with Crippen LogP contribution in [0.25, 0.3) is 6.08 Å². The van der Waals surface area contributed by atoms with Crippen LogP contribution in [0, 0.1) is 0 Å². The lowest BCUT2D eigenvalue weighted by molar-refractivity contribution is -0.113. The molecule has 3 rings (SSSR count). The van der Waals surface area contributed by atoms with Gasteiger partial charge in [-0.05, 0) is 67.1 Å². The molecule has 7 heteroatoms. The molecule has 7 nitrogen and oxygen atoms in total. The number of Topliss-reactive ketones (excluding diaryl/α,β-unsaturated/α-hetero) is 1. The zero-order chi connectivity index (χ0) is 23.8. The molecule has 3 aromatic carbocycles. The zero-order valence-corrected chi connectivity index (χ0v) is 18.5. The maximum absolute atomic E-state index is 13.1. The quantitative estimate of drug-likeness (QED) is 0.399. The molecule has 0 aliphatic rings. The van der Waals surface area contributed by atoms with E-state index in [1.54, 1.807) is 78.9 Å². The molecule has 0 saturated carbocycles. The van der Waals surface area contributed by atoms with Gasteiger partial charge in [-0.1, -0.05) is 24.3 Å². The number of anilines is 1. The molecule has 0 spiro atoms. The number of carbonyl (C=O) groups is 3. The Kier molecular flexibility index (Phi) is 7.60. The van der Waals surface area contributed by atoms with Crippen molar-refractivity contribution in [3.8, 4) is 11.5 Å². The molecule has 3 aromatic rings. The second kappa shape index (κ2) is 10.8. The van der Waals surface area contributed by atoms with Crippen LogP contribution in [-0.4, -0.2) is 31.8 Å². The summed E-state index contributed by atoms with van der Waals surface area (Å²) in [7, 11) is 3.05. The fourth-order valence-corrected chi connectivity index (χ4v) is 3.04. The smallest absolute Gasteiger partial charge is 0.272 e. The summed E-state index contributed by atoms with van der Waals surface area (Å²) < 4.78 is 10.6. The molecule has 0 atom stereocenters. The first-order valence-electron chi connectivity index (χ1n) is 10.1. The Morgan fingerprint density at radius 3 is 2.06 bits per heavy atom. The molecule has 0 aromatic heterocycles. The summed E-state index contributed by atoms with van der Waals surface area (Å²) in [6.07, 6.45) is 1.54. The second-order valence-corrected chi connectivity index (χ2v) is 7.08. The van der Waals surface area contributed by atoms with Crippen molar-refractivity contribution in [2.75, 3.05) is 19.5 Å². The van der Waals surface area contributed by atoms with E-state index < -0.39 is 11.8 Å². The van der Waals surface area contributed by atoms with Crippen LogP contribution >= 0.6 is 0 Å². The van der Waals surface area contributed by atoms with E-state index in [0.717, 1.165) is 0 Å². The highest BCUT2D eigenvalue weighted by Gasteiger charge is 2.16. The molecule has 0 bridgehead atoms. The number of benzene rings is 3. The number of carbonyl (C=O) groups excluding carboxylic acids is 3. The summed E-state index contributed by atoms with van der Waals surface area (Å²) in [6.45, 7) is 1.47. The maximum Gasteiger partial charge on any atom is 0.272 e. The van der Waals surface area contributed by atoms with Crippen LogP contribution < -0.4 is 20.1 Å². The first-order chi connectivity index (χ1) is 15.9. The van der Waals surface area contributed by atoms with Gasteiger partial charge >= 0.3 is 0 Å². The number of hydrogen-bond donors (Lipinski definition) is 2. The van der Waals surface area contributed by atoms with E-state index >= 15 is 0 Å². The minimum Gasteiger partial charge on any atom is -0.493 e. The summed E-state index contributed by atoms with van der Waals surface area (Å²) >= 11 is 0. The molecule has 0 radical (unpaired) electrons. The molecule has 2 amide bonds. The number of ketones is 1. The van der Waals surface area contributed by atoms with E-state index in [1.165, 1.54) is 21.1 Å². The Balaban J connectivity index is 1.92. The van der Waals surface area contributed by atoms with Crippen LogP contribution in [0.3, 0.4) is 0 Å². The van der Waals surface area contributed by atoms with Gasteiger partial charge in [-0.15, -0.1) is 0 Å². The Hall–Kier alpha value is -4.39. The van der Waals surface area contributed by atoms with Crippen LogP contribution in [0.1, 0.15) is 33.2 Å². The van der Waals surface area contributed by atoms with Crippen molar-refractivity contribution < 1.29 is 23.9 Å². The van der Waals surface area contributed by atoms with Crippen molar-refractivity contribution in [2.45, 2.75) is 6.92 Å². The van der Waals surface area contributed by atoms with Gasteiger partial charge in [0.25, 0.3) is 11.8 Å². The van der Waals surface area contributed by atoms with Gasteiger partial charge in [-0.2, -0.15) is 0 Å². The molecule has 0 aliphatic carbocycles. The second-order valence-electron chi connectivity index (χ2n) is 7.08. The Labute approximate surface area is 192 Å². The third-order valence-corrected chi connectivity index (χ3v) is 4.80. The Morgan fingerprint density at radius 2 is 1.45 bits per heavy atom. The summed E-state index contributed by atoms with van der Waals surface area (Å²) in [4.78, 5) is 37.3.